The van der Waals surface area contributed by atoms with Crippen LogP contribution in [0, 0.1) is 0 Å². The van der Waals surface area contributed by atoms with Crippen LogP contribution in [0.15, 0.2) is 79.4 Å². The number of carbonyl (C=O) groups excluding carboxylic acids is 1. The fourth-order valence-electron chi connectivity index (χ4n) is 9.50. The van der Waals surface area contributed by atoms with Gasteiger partial charge < -0.3 is 19.9 Å². The van der Waals surface area contributed by atoms with Crippen LogP contribution in [0.4, 0.5) is 24.7 Å². The number of carboxylic acid groups (broad SMARTS) is 1. The minimum absolute atomic E-state index is 0.160. The molecular formula is C41H42F3N7O5S. The zero-order chi connectivity index (χ0) is 40.3. The number of nitrogens with one attached hydrogen (secondary N) is 1. The summed E-state index contributed by atoms with van der Waals surface area (Å²) < 4.78 is 55.8. The van der Waals surface area contributed by atoms with E-state index in [1.165, 1.54) is 11.8 Å². The predicted molar refractivity (Wildman–Crippen MR) is 209 cm³/mol. The quantitative estimate of drug-likeness (QED) is 0.198. The highest BCUT2D eigenvalue weighted by molar-refractivity contribution is 7.91. The molecule has 4 aliphatic heterocycles. The van der Waals surface area contributed by atoms with Crippen LogP contribution in [0.2, 0.25) is 0 Å². The van der Waals surface area contributed by atoms with Crippen LogP contribution in [-0.4, -0.2) is 100 Å². The summed E-state index contributed by atoms with van der Waals surface area (Å²) in [6.07, 6.45) is 6.46. The van der Waals surface area contributed by atoms with Gasteiger partial charge in [0.05, 0.1) is 28.2 Å². The molecule has 5 aromatic rings. The first-order valence-electron chi connectivity index (χ1n) is 18.9. The molecule has 2 N–H and O–H groups in total. The zero-order valence-corrected chi connectivity index (χ0v) is 32.2. The number of sulfone groups is 1. The van der Waals surface area contributed by atoms with Crippen molar-refractivity contribution in [1.29, 1.82) is 0 Å². The Kier molecular flexibility index (Phi) is 9.83. The Labute approximate surface area is 327 Å². The lowest BCUT2D eigenvalue weighted by atomic mass is 9.69. The van der Waals surface area contributed by atoms with Crippen LogP contribution in [-0.2, 0) is 31.4 Å². The van der Waals surface area contributed by atoms with Gasteiger partial charge in [0.2, 0.25) is 5.91 Å². The first-order chi connectivity index (χ1) is 27.2. The molecule has 1 amide bonds. The Morgan fingerprint density at radius 3 is 2.18 bits per heavy atom. The van der Waals surface area contributed by atoms with Gasteiger partial charge in [-0.15, -0.1) is 0 Å². The Balaban J connectivity index is 0.000000598. The van der Waals surface area contributed by atoms with Crippen molar-refractivity contribution in [3.63, 3.8) is 0 Å². The van der Waals surface area contributed by atoms with Gasteiger partial charge in [-0.3, -0.25) is 9.69 Å². The van der Waals surface area contributed by atoms with Gasteiger partial charge in [-0.2, -0.15) is 13.2 Å². The number of likely N-dealkylation sites (tertiary alicyclic amines) is 1. The standard InChI is InChI=1S/C39H41N7O3S.C2HF3O2/c1-44-31-22-41-37-34(35(31)39(38(44)47)20-28-12-13-29(21-39)46(28)32-14-17-40-24-42-32)33(26-6-4-3-5-7-26)36(43-37)27-10-8-25(9-11-27)23-45-18-15-30(16-19-45)50(2,48)49;3-2(4,5)1(6)7/h3-11,14,17,22,24,28-30H,12-13,15-16,18-21,23H2,1-2H3,(H,41,43);(H,6,7)/t28-,29+,39?;. The summed E-state index contributed by atoms with van der Waals surface area (Å²) in [4.78, 5) is 47.5. The number of amides is 1. The van der Waals surface area contributed by atoms with Gasteiger partial charge in [-0.25, -0.2) is 28.2 Å². The van der Waals surface area contributed by atoms with Gasteiger partial charge in [-0.05, 0) is 74.4 Å². The molecule has 3 atom stereocenters. The third-order valence-corrected chi connectivity index (χ3v) is 13.8. The van der Waals surface area contributed by atoms with Gasteiger partial charge in [0.25, 0.3) is 0 Å². The zero-order valence-electron chi connectivity index (χ0n) is 31.4. The van der Waals surface area contributed by atoms with E-state index in [2.05, 4.69) is 73.3 Å². The fourth-order valence-corrected chi connectivity index (χ4v) is 10.6. The maximum Gasteiger partial charge on any atom is 0.490 e. The van der Waals surface area contributed by atoms with Gasteiger partial charge in [-0.1, -0.05) is 54.6 Å². The Hall–Kier alpha value is -5.35. The van der Waals surface area contributed by atoms with Gasteiger partial charge in [0.15, 0.2) is 0 Å². The van der Waals surface area contributed by atoms with Crippen molar-refractivity contribution in [2.45, 2.75) is 74.0 Å². The number of aliphatic carboxylic acids is 1. The number of alkyl halides is 3. The summed E-state index contributed by atoms with van der Waals surface area (Å²) >= 11 is 0. The van der Waals surface area contributed by atoms with Crippen molar-refractivity contribution in [3.8, 4) is 22.4 Å². The number of aromatic amines is 1. The van der Waals surface area contributed by atoms with E-state index in [1.54, 1.807) is 12.5 Å². The van der Waals surface area contributed by atoms with E-state index in [-0.39, 0.29) is 23.2 Å². The van der Waals surface area contributed by atoms with Crippen molar-refractivity contribution in [2.24, 2.45) is 0 Å². The highest BCUT2D eigenvalue weighted by Gasteiger charge is 2.59. The number of piperidine rings is 2. The summed E-state index contributed by atoms with van der Waals surface area (Å²) in [5.74, 6) is -1.66. The SMILES string of the molecule is CN1C(=O)C2(C[C@H]3CC[C@@H](C2)N3c2ccncn2)c2c1cnc1[nH]c(-c3ccc(CN4CCC(S(C)(=O)=O)CC4)cc3)c(-c3ccccc3)c21.O=C(O)C(F)(F)F. The van der Waals surface area contributed by atoms with E-state index in [4.69, 9.17) is 14.9 Å². The lowest BCUT2D eigenvalue weighted by Gasteiger charge is -2.44. The molecule has 298 valence electrons. The predicted octanol–water partition coefficient (Wildman–Crippen LogP) is 6.37. The summed E-state index contributed by atoms with van der Waals surface area (Å²) in [7, 11) is -1.09. The van der Waals surface area contributed by atoms with E-state index < -0.39 is 27.4 Å². The molecule has 57 heavy (non-hydrogen) atoms. The van der Waals surface area contributed by atoms with E-state index in [0.717, 1.165) is 95.8 Å². The summed E-state index contributed by atoms with van der Waals surface area (Å²) in [5, 5.41) is 7.93. The van der Waals surface area contributed by atoms with Crippen molar-refractivity contribution in [3.05, 3.63) is 90.5 Å². The molecule has 3 saturated heterocycles. The van der Waals surface area contributed by atoms with Crippen LogP contribution in [0.3, 0.4) is 0 Å². The molecule has 0 saturated carbocycles. The van der Waals surface area contributed by atoms with E-state index in [1.807, 2.05) is 30.3 Å². The number of likely N-dealkylation sites (N-methyl/N-ethyl adjacent to an activating group) is 1. The number of hydrogen-bond donors (Lipinski definition) is 2. The highest BCUT2D eigenvalue weighted by atomic mass is 32.2. The highest BCUT2D eigenvalue weighted by Crippen LogP contribution is 2.57. The Bertz CT molecular complexity index is 2410. The molecule has 12 nitrogen and oxygen atoms in total. The molecule has 2 bridgehead atoms. The summed E-state index contributed by atoms with van der Waals surface area (Å²) in [5.41, 5.74) is 7.54. The topological polar surface area (TPSA) is 153 Å². The van der Waals surface area contributed by atoms with Crippen LogP contribution >= 0.6 is 0 Å². The number of carboxylic acids is 1. The number of nitrogens with zero attached hydrogens (tertiary/aromatic N) is 6. The van der Waals surface area contributed by atoms with Crippen LogP contribution in [0.5, 0.6) is 0 Å². The van der Waals surface area contributed by atoms with Crippen molar-refractivity contribution >= 4 is 44.3 Å². The first-order valence-corrected chi connectivity index (χ1v) is 20.8. The number of pyridine rings is 1. The number of aromatic nitrogens is 4. The second-order valence-electron chi connectivity index (χ2n) is 15.5. The third-order valence-electron chi connectivity index (χ3n) is 12.1. The Morgan fingerprint density at radius 1 is 0.947 bits per heavy atom. The number of rotatable bonds is 6. The minimum atomic E-state index is -5.08. The van der Waals surface area contributed by atoms with E-state index in [9.17, 15) is 26.4 Å². The second-order valence-corrected chi connectivity index (χ2v) is 17.8. The second kappa shape index (κ2) is 14.5. The normalized spacial score (nSPS) is 22.5. The fraction of sp³-hybridized carbons (Fsp3) is 0.390. The van der Waals surface area contributed by atoms with Gasteiger partial charge in [0.1, 0.15) is 27.6 Å². The monoisotopic (exact) mass is 801 g/mol. The van der Waals surface area contributed by atoms with Crippen LogP contribution in [0.1, 0.15) is 49.7 Å². The van der Waals surface area contributed by atoms with Gasteiger partial charge in [0, 0.05) is 54.6 Å². The number of benzene rings is 2. The summed E-state index contributed by atoms with van der Waals surface area (Å²) in [6, 6.07) is 21.6. The molecule has 1 unspecified atom stereocenters. The summed E-state index contributed by atoms with van der Waals surface area (Å²) in [6.45, 7) is 2.35. The van der Waals surface area contributed by atoms with E-state index in [0.29, 0.717) is 12.8 Å². The molecule has 3 fully saturated rings. The molecule has 9 rings (SSSR count). The average Bonchev–Trinajstić information content (AvgIpc) is 3.78. The lowest BCUT2D eigenvalue weighted by Crippen LogP contribution is -2.53. The molecular weight excluding hydrogens is 760 g/mol. The smallest absolute Gasteiger partial charge is 0.475 e. The number of carbonyl (C=O) groups is 2. The Morgan fingerprint density at radius 2 is 1.60 bits per heavy atom. The molecule has 0 radical (unpaired) electrons. The molecule has 3 aromatic heterocycles. The maximum absolute atomic E-state index is 14.5. The molecule has 4 aliphatic rings. The first kappa shape index (κ1) is 38.5. The van der Waals surface area contributed by atoms with Crippen LogP contribution < -0.4 is 9.80 Å². The minimum Gasteiger partial charge on any atom is -0.475 e. The largest absolute Gasteiger partial charge is 0.490 e. The maximum atomic E-state index is 14.5. The number of fused-ring (bicyclic) bond motifs is 6. The van der Waals surface area contributed by atoms with E-state index >= 15 is 0 Å². The average molecular weight is 802 g/mol. The molecule has 16 heteroatoms. The van der Waals surface area contributed by atoms with Gasteiger partial charge >= 0.3 is 12.1 Å². The van der Waals surface area contributed by atoms with Crippen LogP contribution in [0.25, 0.3) is 33.4 Å². The molecule has 2 aromatic carbocycles. The molecule has 0 aliphatic carbocycles. The number of hydrogen-bond acceptors (Lipinski definition) is 9. The van der Waals surface area contributed by atoms with Crippen molar-refractivity contribution < 1.29 is 36.3 Å². The lowest BCUT2D eigenvalue weighted by molar-refractivity contribution is -0.192. The van der Waals surface area contributed by atoms with Crippen molar-refractivity contribution in [1.82, 2.24) is 24.8 Å². The number of halogens is 3. The molecule has 7 heterocycles. The van der Waals surface area contributed by atoms with Crippen molar-refractivity contribution in [2.75, 3.05) is 36.2 Å². The molecule has 1 spiro atoms. The number of H-pyrrole nitrogens is 1. The third kappa shape index (κ3) is 7.02. The number of anilines is 2.